The zero-order valence-corrected chi connectivity index (χ0v) is 9.38. The molecule has 0 radical (unpaired) electrons. The average molecular weight is 212 g/mol. The van der Waals surface area contributed by atoms with Gasteiger partial charge in [0.25, 0.3) is 0 Å². The van der Waals surface area contributed by atoms with E-state index in [0.29, 0.717) is 0 Å². The van der Waals surface area contributed by atoms with E-state index in [2.05, 4.69) is 49.6 Å². The first-order valence-corrected chi connectivity index (χ1v) is 7.93. The molecule has 0 unspecified atom stereocenters. The predicted molar refractivity (Wildman–Crippen MR) is 68.3 cm³/mol. The molecule has 0 aromatic carbocycles. The van der Waals surface area contributed by atoms with E-state index in [1.807, 2.05) is 0 Å². The van der Waals surface area contributed by atoms with E-state index in [1.165, 1.54) is 12.8 Å². The van der Waals surface area contributed by atoms with Crippen molar-refractivity contribution in [3.8, 4) is 0 Å². The molecule has 2 aliphatic carbocycles. The van der Waals surface area contributed by atoms with E-state index in [0.717, 1.165) is 0 Å². The Hall–Kier alpha value is 0.177. The van der Waals surface area contributed by atoms with Crippen LogP contribution in [0.1, 0.15) is 12.8 Å². The molecule has 0 spiro atoms. The molecule has 2 heteroatoms. The van der Waals surface area contributed by atoms with Gasteiger partial charge in [0, 0.05) is 0 Å². The van der Waals surface area contributed by atoms with E-state index in [4.69, 9.17) is 0 Å². The van der Waals surface area contributed by atoms with Gasteiger partial charge in [-0.1, -0.05) is 59.9 Å². The Bertz CT molecular complexity index is 300. The molecule has 0 nitrogen and oxygen atoms in total. The van der Waals surface area contributed by atoms with Crippen molar-refractivity contribution in [1.82, 2.24) is 0 Å². The summed E-state index contributed by atoms with van der Waals surface area (Å²) < 4.78 is 0. The summed E-state index contributed by atoms with van der Waals surface area (Å²) in [4.78, 5) is 0. The zero-order chi connectivity index (χ0) is 9.31. The Morgan fingerprint density at radius 2 is 1.36 bits per heavy atom. The van der Waals surface area contributed by atoms with E-state index in [-0.39, 0.29) is 29.6 Å². The molecule has 0 fully saturated rings. The minimum atomic E-state index is -1.24. The second kappa shape index (κ2) is 4.80. The van der Waals surface area contributed by atoms with Gasteiger partial charge in [-0.05, 0) is 12.8 Å². The third-order valence-electron chi connectivity index (χ3n) is 3.15. The van der Waals surface area contributed by atoms with E-state index < -0.39 is 8.07 Å². The fourth-order valence-corrected chi connectivity index (χ4v) is 4.72. The summed E-state index contributed by atoms with van der Waals surface area (Å²) in [7, 11) is -1.24. The first-order valence-electron chi connectivity index (χ1n) is 4.93. The Morgan fingerprint density at radius 3 is 1.64 bits per heavy atom. The Morgan fingerprint density at radius 1 is 0.929 bits per heavy atom. The molecule has 0 aliphatic heterocycles. The van der Waals surface area contributed by atoms with Crippen molar-refractivity contribution in [3.63, 3.8) is 0 Å². The SMILES string of the molecule is C[Si](C)(C1=CC=CC1)C1=CC=CC1.[NaH]. The van der Waals surface area contributed by atoms with Crippen molar-refractivity contribution in [1.29, 1.82) is 0 Å². The molecular formula is C12H17NaSi. The van der Waals surface area contributed by atoms with Gasteiger partial charge < -0.3 is 0 Å². The van der Waals surface area contributed by atoms with Crippen LogP contribution in [0.2, 0.25) is 13.1 Å². The van der Waals surface area contributed by atoms with Crippen molar-refractivity contribution in [2.24, 2.45) is 0 Å². The Balaban J connectivity index is 0.000000980. The number of hydrogen-bond acceptors (Lipinski definition) is 0. The molecule has 14 heavy (non-hydrogen) atoms. The topological polar surface area (TPSA) is 0 Å². The quantitative estimate of drug-likeness (QED) is 0.617. The average Bonchev–Trinajstić information content (AvgIpc) is 2.78. The van der Waals surface area contributed by atoms with Crippen molar-refractivity contribution in [2.75, 3.05) is 0 Å². The predicted octanol–water partition coefficient (Wildman–Crippen LogP) is 2.90. The van der Waals surface area contributed by atoms with Crippen LogP contribution in [-0.4, -0.2) is 37.6 Å². The maximum atomic E-state index is 2.46. The monoisotopic (exact) mass is 212 g/mol. The number of rotatable bonds is 2. The second-order valence-electron chi connectivity index (χ2n) is 4.27. The molecule has 0 aromatic heterocycles. The summed E-state index contributed by atoms with van der Waals surface area (Å²) in [5.74, 6) is 0. The molecule has 2 aliphatic rings. The summed E-state index contributed by atoms with van der Waals surface area (Å²) in [6.07, 6.45) is 16.0. The molecule has 0 N–H and O–H groups in total. The third kappa shape index (κ3) is 2.22. The Kier molecular flexibility index (Phi) is 4.20. The fourth-order valence-electron chi connectivity index (χ4n) is 2.03. The summed E-state index contributed by atoms with van der Waals surface area (Å²) >= 11 is 0. The Labute approximate surface area is 110 Å². The van der Waals surface area contributed by atoms with Gasteiger partial charge >= 0.3 is 29.6 Å². The van der Waals surface area contributed by atoms with Crippen molar-refractivity contribution >= 4 is 37.6 Å². The van der Waals surface area contributed by atoms with Gasteiger partial charge in [0.15, 0.2) is 0 Å². The molecule has 0 heterocycles. The van der Waals surface area contributed by atoms with Gasteiger partial charge in [-0.2, -0.15) is 0 Å². The first kappa shape index (κ1) is 12.2. The van der Waals surface area contributed by atoms with Crippen LogP contribution in [0, 0.1) is 0 Å². The van der Waals surface area contributed by atoms with Crippen LogP contribution in [0.15, 0.2) is 46.8 Å². The molecule has 2 rings (SSSR count). The summed E-state index contributed by atoms with van der Waals surface area (Å²) in [6.45, 7) is 4.93. The number of hydrogen-bond donors (Lipinski definition) is 0. The van der Waals surface area contributed by atoms with Crippen LogP contribution in [-0.2, 0) is 0 Å². The van der Waals surface area contributed by atoms with E-state index in [9.17, 15) is 0 Å². The second-order valence-corrected chi connectivity index (χ2v) is 8.81. The van der Waals surface area contributed by atoms with Gasteiger partial charge in [0.1, 0.15) is 8.07 Å². The van der Waals surface area contributed by atoms with Crippen LogP contribution < -0.4 is 0 Å². The van der Waals surface area contributed by atoms with E-state index in [1.54, 1.807) is 10.4 Å². The van der Waals surface area contributed by atoms with Crippen LogP contribution >= 0.6 is 0 Å². The standard InChI is InChI=1S/C12H16Si.Na.H/c1-13(2,11-7-3-4-8-11)12-9-5-6-10-12;;/h3-7,9H,8,10H2,1-2H3;;. The summed E-state index contributed by atoms with van der Waals surface area (Å²) in [5.41, 5.74) is 0. The fraction of sp³-hybridized carbons (Fsp3) is 0.333. The maximum absolute atomic E-state index is 2.46. The molecule has 0 atom stereocenters. The van der Waals surface area contributed by atoms with E-state index >= 15 is 0 Å². The minimum absolute atomic E-state index is 0. The zero-order valence-electron chi connectivity index (χ0n) is 8.38. The van der Waals surface area contributed by atoms with Gasteiger partial charge in [-0.25, -0.2) is 0 Å². The normalized spacial score (nSPS) is 19.3. The van der Waals surface area contributed by atoms with Crippen LogP contribution in [0.5, 0.6) is 0 Å². The molecular weight excluding hydrogens is 195 g/mol. The van der Waals surface area contributed by atoms with Gasteiger partial charge in [-0.3, -0.25) is 0 Å². The van der Waals surface area contributed by atoms with Crippen LogP contribution in [0.4, 0.5) is 0 Å². The first-order chi connectivity index (χ1) is 6.21. The van der Waals surface area contributed by atoms with Gasteiger partial charge in [-0.15, -0.1) is 0 Å². The molecule has 70 valence electrons. The number of allylic oxidation sites excluding steroid dienone is 8. The molecule has 0 saturated heterocycles. The third-order valence-corrected chi connectivity index (χ3v) is 7.10. The van der Waals surface area contributed by atoms with Gasteiger partial charge in [0.2, 0.25) is 0 Å². The van der Waals surface area contributed by atoms with Crippen molar-refractivity contribution < 1.29 is 0 Å². The van der Waals surface area contributed by atoms with Crippen LogP contribution in [0.25, 0.3) is 0 Å². The molecule has 0 bridgehead atoms. The van der Waals surface area contributed by atoms with Gasteiger partial charge in [0.05, 0.1) is 0 Å². The summed E-state index contributed by atoms with van der Waals surface area (Å²) in [5, 5.41) is 3.37. The van der Waals surface area contributed by atoms with Crippen LogP contribution in [0.3, 0.4) is 0 Å². The summed E-state index contributed by atoms with van der Waals surface area (Å²) in [6, 6.07) is 0. The molecule has 0 aromatic rings. The molecule has 0 amide bonds. The van der Waals surface area contributed by atoms with Crippen molar-refractivity contribution in [2.45, 2.75) is 25.9 Å². The molecule has 0 saturated carbocycles. The van der Waals surface area contributed by atoms with Crippen molar-refractivity contribution in [3.05, 3.63) is 46.8 Å².